The number of thiocarbonyl (C=S) groups is 1. The molecule has 6 nitrogen and oxygen atoms in total. The Balaban J connectivity index is 1.64. The van der Waals surface area contributed by atoms with E-state index in [9.17, 15) is 4.79 Å². The minimum Gasteiger partial charge on any atom is -0.331 e. The summed E-state index contributed by atoms with van der Waals surface area (Å²) in [6.07, 6.45) is 0. The number of benzene rings is 2. The summed E-state index contributed by atoms with van der Waals surface area (Å²) in [5.41, 5.74) is 10.9. The number of rotatable bonds is 3. The third-order valence-electron chi connectivity index (χ3n) is 4.57. The predicted molar refractivity (Wildman–Crippen MR) is 113 cm³/mol. The second-order valence-corrected chi connectivity index (χ2v) is 6.85. The van der Waals surface area contributed by atoms with E-state index >= 15 is 0 Å². The zero-order chi connectivity index (χ0) is 19.6. The lowest BCUT2D eigenvalue weighted by atomic mass is 10.1. The van der Waals surface area contributed by atoms with Crippen LogP contribution in [0.15, 0.2) is 36.4 Å². The van der Waals surface area contributed by atoms with Crippen molar-refractivity contribution in [2.24, 2.45) is 0 Å². The number of hydrogen-bond donors (Lipinski definition) is 3. The van der Waals surface area contributed by atoms with Crippen molar-refractivity contribution in [3.63, 3.8) is 0 Å². The van der Waals surface area contributed by atoms with Crippen molar-refractivity contribution < 1.29 is 4.79 Å². The second kappa shape index (κ2) is 7.75. The maximum atomic E-state index is 12.4. The first-order chi connectivity index (χ1) is 12.9. The van der Waals surface area contributed by atoms with Crippen LogP contribution in [0.3, 0.4) is 0 Å². The minimum absolute atomic E-state index is 0.273. The number of nitrogens with one attached hydrogen (secondary N) is 3. The summed E-state index contributed by atoms with van der Waals surface area (Å²) >= 11 is 5.24. The minimum atomic E-state index is -0.273. The second-order valence-electron chi connectivity index (χ2n) is 6.44. The van der Waals surface area contributed by atoms with Gasteiger partial charge in [-0.15, -0.1) is 0 Å². The highest BCUT2D eigenvalue weighted by molar-refractivity contribution is 7.80. The molecule has 0 atom stereocenters. The van der Waals surface area contributed by atoms with E-state index < -0.39 is 0 Å². The van der Waals surface area contributed by atoms with Crippen molar-refractivity contribution in [1.82, 2.24) is 20.4 Å². The molecule has 7 heteroatoms. The van der Waals surface area contributed by atoms with Crippen LogP contribution in [0.2, 0.25) is 0 Å². The smallest absolute Gasteiger partial charge is 0.269 e. The summed E-state index contributed by atoms with van der Waals surface area (Å²) < 4.78 is 2.11. The molecule has 0 unspecified atom stereocenters. The first-order valence-electron chi connectivity index (χ1n) is 8.80. The van der Waals surface area contributed by atoms with Crippen molar-refractivity contribution >= 4 is 40.0 Å². The third kappa shape index (κ3) is 4.09. The number of fused-ring (bicyclic) bond motifs is 1. The van der Waals surface area contributed by atoms with Crippen LogP contribution in [-0.4, -0.2) is 20.6 Å². The molecule has 0 aliphatic heterocycles. The van der Waals surface area contributed by atoms with Gasteiger partial charge < -0.3 is 9.88 Å². The van der Waals surface area contributed by atoms with E-state index in [1.165, 1.54) is 11.1 Å². The highest BCUT2D eigenvalue weighted by Crippen LogP contribution is 2.18. The van der Waals surface area contributed by atoms with E-state index in [-0.39, 0.29) is 5.91 Å². The molecule has 3 rings (SSSR count). The summed E-state index contributed by atoms with van der Waals surface area (Å²) in [7, 11) is 0. The Hall–Kier alpha value is -2.93. The first kappa shape index (κ1) is 18.8. The Kier molecular flexibility index (Phi) is 5.41. The molecule has 0 bridgehead atoms. The quantitative estimate of drug-likeness (QED) is 0.478. The Bertz CT molecular complexity index is 1020. The van der Waals surface area contributed by atoms with Gasteiger partial charge in [0.2, 0.25) is 0 Å². The Labute approximate surface area is 164 Å². The number of carbonyl (C=O) groups excluding carboxylic acids is 1. The normalized spacial score (nSPS) is 10.7. The lowest BCUT2D eigenvalue weighted by Crippen LogP contribution is -2.43. The Morgan fingerprint density at radius 2 is 1.85 bits per heavy atom. The lowest BCUT2D eigenvalue weighted by Gasteiger charge is -2.12. The summed E-state index contributed by atoms with van der Waals surface area (Å²) in [6.45, 7) is 8.96. The molecular weight excluding hydrogens is 358 g/mol. The van der Waals surface area contributed by atoms with E-state index in [1.807, 2.05) is 38.1 Å². The van der Waals surface area contributed by atoms with Crippen LogP contribution in [-0.2, 0) is 6.54 Å². The summed E-state index contributed by atoms with van der Waals surface area (Å²) in [5.74, 6) is 0.659. The van der Waals surface area contributed by atoms with Crippen LogP contribution in [0, 0.1) is 20.8 Å². The predicted octanol–water partition coefficient (Wildman–Crippen LogP) is 3.61. The Morgan fingerprint density at radius 3 is 2.56 bits per heavy atom. The molecule has 1 amide bonds. The molecule has 0 spiro atoms. The summed E-state index contributed by atoms with van der Waals surface area (Å²) in [6, 6.07) is 11.5. The molecule has 0 aliphatic carbocycles. The van der Waals surface area contributed by atoms with Crippen LogP contribution >= 0.6 is 12.2 Å². The van der Waals surface area contributed by atoms with Crippen molar-refractivity contribution in [3.05, 3.63) is 58.9 Å². The maximum Gasteiger partial charge on any atom is 0.269 e. The largest absolute Gasteiger partial charge is 0.331 e. The molecule has 27 heavy (non-hydrogen) atoms. The van der Waals surface area contributed by atoms with Gasteiger partial charge >= 0.3 is 0 Å². The van der Waals surface area contributed by atoms with Gasteiger partial charge in [-0.2, -0.15) is 0 Å². The molecule has 1 aromatic heterocycles. The van der Waals surface area contributed by atoms with Crippen molar-refractivity contribution in [1.29, 1.82) is 0 Å². The number of carbonyl (C=O) groups is 1. The van der Waals surface area contributed by atoms with E-state index in [1.54, 1.807) is 12.1 Å². The summed E-state index contributed by atoms with van der Waals surface area (Å²) in [4.78, 5) is 16.9. The molecule has 3 N–H and O–H groups in total. The van der Waals surface area contributed by atoms with Gasteiger partial charge in [0.1, 0.15) is 5.82 Å². The van der Waals surface area contributed by atoms with Gasteiger partial charge in [-0.05, 0) is 81.4 Å². The number of anilines is 1. The molecule has 0 fully saturated rings. The average molecular weight is 382 g/mol. The van der Waals surface area contributed by atoms with Gasteiger partial charge in [-0.25, -0.2) is 4.98 Å². The summed E-state index contributed by atoms with van der Waals surface area (Å²) in [5, 5.41) is 3.37. The molecule has 0 aliphatic rings. The number of amides is 1. The standard InChI is InChI=1S/C20H23N5OS/c1-5-25-14(4)21-17-11-15(7-9-18(17)25)19(26)23-24-20(27)22-16-8-6-12(2)13(3)10-16/h6-11H,5H2,1-4H3,(H,23,26)(H2,22,24,27). The number of imidazole rings is 1. The van der Waals surface area contributed by atoms with Crippen LogP contribution in [0.5, 0.6) is 0 Å². The van der Waals surface area contributed by atoms with Gasteiger partial charge in [0.25, 0.3) is 5.91 Å². The third-order valence-corrected chi connectivity index (χ3v) is 4.78. The lowest BCUT2D eigenvalue weighted by molar-refractivity contribution is 0.0944. The van der Waals surface area contributed by atoms with Gasteiger partial charge in [-0.3, -0.25) is 15.6 Å². The van der Waals surface area contributed by atoms with E-state index in [4.69, 9.17) is 12.2 Å². The van der Waals surface area contributed by atoms with Gasteiger partial charge in [0, 0.05) is 17.8 Å². The molecular formula is C20H23N5OS. The highest BCUT2D eigenvalue weighted by Gasteiger charge is 2.11. The molecule has 0 saturated carbocycles. The number of nitrogens with zero attached hydrogens (tertiary/aromatic N) is 2. The average Bonchev–Trinajstić information content (AvgIpc) is 2.96. The van der Waals surface area contributed by atoms with Crippen LogP contribution in [0.4, 0.5) is 5.69 Å². The molecule has 2 aromatic carbocycles. The molecule has 0 radical (unpaired) electrons. The molecule has 1 heterocycles. The molecule has 0 saturated heterocycles. The fourth-order valence-corrected chi connectivity index (χ4v) is 3.13. The number of aromatic nitrogens is 2. The van der Waals surface area contributed by atoms with E-state index in [2.05, 4.69) is 39.6 Å². The van der Waals surface area contributed by atoms with Crippen molar-refractivity contribution in [2.45, 2.75) is 34.2 Å². The van der Waals surface area contributed by atoms with Crippen LogP contribution < -0.4 is 16.2 Å². The topological polar surface area (TPSA) is 71.0 Å². The SMILES string of the molecule is CCn1c(C)nc2cc(C(=O)NNC(=S)Nc3ccc(C)c(C)c3)ccc21. The van der Waals surface area contributed by atoms with Gasteiger partial charge in [0.05, 0.1) is 11.0 Å². The first-order valence-corrected chi connectivity index (χ1v) is 9.21. The van der Waals surface area contributed by atoms with E-state index in [0.29, 0.717) is 10.7 Å². The molecule has 140 valence electrons. The monoisotopic (exact) mass is 381 g/mol. The zero-order valence-electron chi connectivity index (χ0n) is 15.9. The van der Waals surface area contributed by atoms with E-state index in [0.717, 1.165) is 29.1 Å². The number of hydrazine groups is 1. The van der Waals surface area contributed by atoms with Gasteiger partial charge in [-0.1, -0.05) is 6.07 Å². The molecule has 3 aromatic rings. The highest BCUT2D eigenvalue weighted by atomic mass is 32.1. The van der Waals surface area contributed by atoms with Crippen molar-refractivity contribution in [3.8, 4) is 0 Å². The fraction of sp³-hybridized carbons (Fsp3) is 0.250. The maximum absolute atomic E-state index is 12.4. The van der Waals surface area contributed by atoms with Crippen LogP contribution in [0.1, 0.15) is 34.2 Å². The zero-order valence-corrected chi connectivity index (χ0v) is 16.7. The fourth-order valence-electron chi connectivity index (χ4n) is 2.96. The number of aryl methyl sites for hydroxylation is 4. The van der Waals surface area contributed by atoms with Crippen molar-refractivity contribution in [2.75, 3.05) is 5.32 Å². The Morgan fingerprint density at radius 1 is 1.07 bits per heavy atom. The van der Waals surface area contributed by atoms with Gasteiger partial charge in [0.15, 0.2) is 5.11 Å². The number of hydrogen-bond acceptors (Lipinski definition) is 3. The van der Waals surface area contributed by atoms with Crippen LogP contribution in [0.25, 0.3) is 11.0 Å².